The van der Waals surface area contributed by atoms with Crippen molar-refractivity contribution in [1.82, 2.24) is 15.1 Å². The maximum Gasteiger partial charge on any atom is 0.290 e. The van der Waals surface area contributed by atoms with E-state index in [2.05, 4.69) is 10.2 Å². The summed E-state index contributed by atoms with van der Waals surface area (Å²) in [5.74, 6) is -0.244. The molecule has 4 rings (SSSR count). The van der Waals surface area contributed by atoms with Gasteiger partial charge in [0.1, 0.15) is 11.5 Å². The van der Waals surface area contributed by atoms with Gasteiger partial charge in [-0.3, -0.25) is 4.79 Å². The fourth-order valence-electron chi connectivity index (χ4n) is 3.83. The molecule has 1 N–H and O–H groups in total. The molecule has 3 aromatic rings. The topological polar surface area (TPSA) is 50.2 Å². The van der Waals surface area contributed by atoms with E-state index in [0.29, 0.717) is 17.8 Å². The molecule has 1 saturated heterocycles. The molecule has 150 valence electrons. The Bertz CT molecular complexity index is 1070. The van der Waals surface area contributed by atoms with Gasteiger partial charge in [0.25, 0.3) is 5.56 Å². The number of rotatable bonds is 4. The SMILES string of the molecule is Cc1cc(-c2nn(Cc3ccccc3)c(=O)c(N3CCNCC3)c2C)ccc1F. The predicted octanol–water partition coefficient (Wildman–Crippen LogP) is 3.12. The molecule has 0 saturated carbocycles. The van der Waals surface area contributed by atoms with Gasteiger partial charge >= 0.3 is 0 Å². The van der Waals surface area contributed by atoms with Crippen LogP contribution in [0, 0.1) is 19.7 Å². The zero-order chi connectivity index (χ0) is 20.4. The van der Waals surface area contributed by atoms with E-state index >= 15 is 0 Å². The first-order chi connectivity index (χ1) is 14.0. The van der Waals surface area contributed by atoms with Crippen LogP contribution in [0.15, 0.2) is 53.3 Å². The highest BCUT2D eigenvalue weighted by Gasteiger charge is 2.22. The molecule has 6 heteroatoms. The minimum Gasteiger partial charge on any atom is -0.364 e. The summed E-state index contributed by atoms with van der Waals surface area (Å²) < 4.78 is 15.4. The highest BCUT2D eigenvalue weighted by atomic mass is 19.1. The molecular formula is C23H25FN4O. The van der Waals surface area contributed by atoms with Gasteiger partial charge in [-0.05, 0) is 43.2 Å². The number of aromatic nitrogens is 2. The number of halogens is 1. The Morgan fingerprint density at radius 2 is 1.79 bits per heavy atom. The Kier molecular flexibility index (Phi) is 5.45. The average molecular weight is 392 g/mol. The number of piperazine rings is 1. The van der Waals surface area contributed by atoms with Crippen molar-refractivity contribution in [3.05, 3.63) is 81.4 Å². The lowest BCUT2D eigenvalue weighted by atomic mass is 10.0. The molecule has 2 heterocycles. The molecule has 0 atom stereocenters. The molecule has 0 amide bonds. The molecule has 1 aliphatic rings. The van der Waals surface area contributed by atoms with Crippen LogP contribution < -0.4 is 15.8 Å². The van der Waals surface area contributed by atoms with Gasteiger partial charge in [-0.1, -0.05) is 30.3 Å². The van der Waals surface area contributed by atoms with Crippen molar-refractivity contribution in [2.24, 2.45) is 0 Å². The van der Waals surface area contributed by atoms with E-state index in [1.807, 2.05) is 37.3 Å². The van der Waals surface area contributed by atoms with Crippen molar-refractivity contribution < 1.29 is 4.39 Å². The summed E-state index contributed by atoms with van der Waals surface area (Å²) in [4.78, 5) is 15.5. The van der Waals surface area contributed by atoms with Gasteiger partial charge in [0.2, 0.25) is 0 Å². The summed E-state index contributed by atoms with van der Waals surface area (Å²) >= 11 is 0. The Hall–Kier alpha value is -2.99. The van der Waals surface area contributed by atoms with Crippen LogP contribution in [0.1, 0.15) is 16.7 Å². The van der Waals surface area contributed by atoms with Crippen LogP contribution in [0.3, 0.4) is 0 Å². The first-order valence-electron chi connectivity index (χ1n) is 9.92. The Morgan fingerprint density at radius 1 is 1.07 bits per heavy atom. The predicted molar refractivity (Wildman–Crippen MR) is 114 cm³/mol. The zero-order valence-corrected chi connectivity index (χ0v) is 16.8. The van der Waals surface area contributed by atoms with Gasteiger partial charge in [-0.15, -0.1) is 0 Å². The summed E-state index contributed by atoms with van der Waals surface area (Å²) in [7, 11) is 0. The number of aryl methyl sites for hydroxylation is 1. The van der Waals surface area contributed by atoms with Crippen molar-refractivity contribution in [2.45, 2.75) is 20.4 Å². The summed E-state index contributed by atoms with van der Waals surface area (Å²) in [6.45, 7) is 7.29. The standard InChI is InChI=1S/C23H25FN4O/c1-16-14-19(8-9-20(16)24)21-17(2)22(27-12-10-25-11-13-27)23(29)28(26-21)15-18-6-4-3-5-7-18/h3-9,14,25H,10-13,15H2,1-2H3. The molecule has 2 aromatic carbocycles. The molecule has 0 unspecified atom stereocenters. The summed E-state index contributed by atoms with van der Waals surface area (Å²) in [5, 5.41) is 8.03. The first-order valence-corrected chi connectivity index (χ1v) is 9.92. The molecule has 0 radical (unpaired) electrons. The van der Waals surface area contributed by atoms with Crippen LogP contribution in [-0.4, -0.2) is 36.0 Å². The quantitative estimate of drug-likeness (QED) is 0.741. The van der Waals surface area contributed by atoms with Gasteiger partial charge in [0.05, 0.1) is 12.2 Å². The lowest BCUT2D eigenvalue weighted by Crippen LogP contribution is -2.46. The van der Waals surface area contributed by atoms with E-state index in [1.165, 1.54) is 10.7 Å². The summed E-state index contributed by atoms with van der Waals surface area (Å²) in [6.07, 6.45) is 0. The second-order valence-corrected chi connectivity index (χ2v) is 7.47. The van der Waals surface area contributed by atoms with Crippen molar-refractivity contribution in [2.75, 3.05) is 31.1 Å². The van der Waals surface area contributed by atoms with Crippen molar-refractivity contribution in [3.63, 3.8) is 0 Å². The van der Waals surface area contributed by atoms with E-state index in [-0.39, 0.29) is 11.4 Å². The zero-order valence-electron chi connectivity index (χ0n) is 16.8. The molecular weight excluding hydrogens is 367 g/mol. The fraction of sp³-hybridized carbons (Fsp3) is 0.304. The molecule has 0 spiro atoms. The minimum absolute atomic E-state index is 0.0872. The van der Waals surface area contributed by atoms with Gasteiger partial charge < -0.3 is 10.2 Å². The van der Waals surface area contributed by atoms with Gasteiger partial charge in [-0.2, -0.15) is 5.10 Å². The monoisotopic (exact) mass is 392 g/mol. The first kappa shape index (κ1) is 19.3. The Labute approximate surface area is 169 Å². The lowest BCUT2D eigenvalue weighted by Gasteiger charge is -2.31. The van der Waals surface area contributed by atoms with Crippen molar-refractivity contribution >= 4 is 5.69 Å². The summed E-state index contributed by atoms with van der Waals surface area (Å²) in [6, 6.07) is 14.8. The van der Waals surface area contributed by atoms with Crippen LogP contribution in [0.5, 0.6) is 0 Å². The van der Waals surface area contributed by atoms with Gasteiger partial charge in [0.15, 0.2) is 0 Å². The summed E-state index contributed by atoms with van der Waals surface area (Å²) in [5.41, 5.74) is 4.56. The van der Waals surface area contributed by atoms with E-state index in [1.54, 1.807) is 19.1 Å². The van der Waals surface area contributed by atoms with E-state index < -0.39 is 0 Å². The molecule has 1 aromatic heterocycles. The van der Waals surface area contributed by atoms with Crippen LogP contribution in [-0.2, 0) is 6.54 Å². The molecule has 1 aliphatic heterocycles. The normalized spacial score (nSPS) is 14.2. The molecule has 5 nitrogen and oxygen atoms in total. The lowest BCUT2D eigenvalue weighted by molar-refractivity contribution is 0.575. The fourth-order valence-corrected chi connectivity index (χ4v) is 3.83. The molecule has 0 aliphatic carbocycles. The molecule has 29 heavy (non-hydrogen) atoms. The maximum absolute atomic E-state index is 13.8. The van der Waals surface area contributed by atoms with Crippen molar-refractivity contribution in [1.29, 1.82) is 0 Å². The number of anilines is 1. The highest BCUT2D eigenvalue weighted by Crippen LogP contribution is 2.28. The van der Waals surface area contributed by atoms with Crippen LogP contribution in [0.4, 0.5) is 10.1 Å². The molecule has 1 fully saturated rings. The van der Waals surface area contributed by atoms with E-state index in [9.17, 15) is 9.18 Å². The number of benzene rings is 2. The number of nitrogens with zero attached hydrogens (tertiary/aromatic N) is 3. The number of hydrogen-bond acceptors (Lipinski definition) is 4. The Balaban J connectivity index is 1.88. The third-order valence-electron chi connectivity index (χ3n) is 5.41. The van der Waals surface area contributed by atoms with Crippen LogP contribution in [0.2, 0.25) is 0 Å². The van der Waals surface area contributed by atoms with Crippen molar-refractivity contribution in [3.8, 4) is 11.3 Å². The van der Waals surface area contributed by atoms with Crippen LogP contribution >= 0.6 is 0 Å². The van der Waals surface area contributed by atoms with Gasteiger partial charge in [0, 0.05) is 37.3 Å². The molecule has 0 bridgehead atoms. The maximum atomic E-state index is 13.8. The van der Waals surface area contributed by atoms with Gasteiger partial charge in [-0.25, -0.2) is 9.07 Å². The largest absolute Gasteiger partial charge is 0.364 e. The third kappa shape index (κ3) is 3.93. The van der Waals surface area contributed by atoms with Crippen LogP contribution in [0.25, 0.3) is 11.3 Å². The average Bonchev–Trinajstić information content (AvgIpc) is 2.74. The third-order valence-corrected chi connectivity index (χ3v) is 5.41. The minimum atomic E-state index is -0.244. The number of hydrogen-bond donors (Lipinski definition) is 1. The Morgan fingerprint density at radius 3 is 2.48 bits per heavy atom. The number of nitrogens with one attached hydrogen (secondary N) is 1. The van der Waals surface area contributed by atoms with E-state index in [4.69, 9.17) is 5.10 Å². The van der Waals surface area contributed by atoms with E-state index in [0.717, 1.165) is 48.6 Å². The smallest absolute Gasteiger partial charge is 0.290 e. The second kappa shape index (κ2) is 8.17. The highest BCUT2D eigenvalue weighted by molar-refractivity contribution is 5.70. The second-order valence-electron chi connectivity index (χ2n) is 7.47.